The van der Waals surface area contributed by atoms with Crippen molar-refractivity contribution in [3.8, 4) is 0 Å². The van der Waals surface area contributed by atoms with Gasteiger partial charge in [0.15, 0.2) is 0 Å². The van der Waals surface area contributed by atoms with Gasteiger partial charge < -0.3 is 9.80 Å². The second kappa shape index (κ2) is 7.93. The van der Waals surface area contributed by atoms with E-state index in [-0.39, 0.29) is 17.5 Å². The number of carbonyl (C=O) groups is 1. The number of sulfonamides is 1. The largest absolute Gasteiger partial charge is 0.325 e. The van der Waals surface area contributed by atoms with Crippen molar-refractivity contribution in [3.05, 3.63) is 22.4 Å². The number of urea groups is 1. The zero-order valence-electron chi connectivity index (χ0n) is 16.5. The first-order chi connectivity index (χ1) is 13.3. The van der Waals surface area contributed by atoms with E-state index in [9.17, 15) is 13.2 Å². The molecule has 2 atom stereocenters. The average molecular weight is 427 g/mol. The summed E-state index contributed by atoms with van der Waals surface area (Å²) < 4.78 is 26.9. The molecule has 4 heterocycles. The maximum Gasteiger partial charge on any atom is 0.320 e. The van der Waals surface area contributed by atoms with Crippen LogP contribution in [0.25, 0.3) is 0 Å². The topological polar surface area (TPSA) is 73.0 Å². The molecule has 4 rings (SSSR count). The third-order valence-electron chi connectivity index (χ3n) is 6.36. The Morgan fingerprint density at radius 3 is 2.68 bits per heavy atom. The Bertz CT molecular complexity index is 792. The average Bonchev–Trinajstić information content (AvgIpc) is 3.38. The van der Waals surface area contributed by atoms with Gasteiger partial charge in [0.05, 0.1) is 6.26 Å². The summed E-state index contributed by atoms with van der Waals surface area (Å²) in [6.07, 6.45) is 4.99. The molecule has 3 saturated heterocycles. The van der Waals surface area contributed by atoms with E-state index in [0.29, 0.717) is 19.5 Å². The molecule has 156 valence electrons. The smallest absolute Gasteiger partial charge is 0.320 e. The van der Waals surface area contributed by atoms with Crippen LogP contribution in [0.15, 0.2) is 17.5 Å². The minimum absolute atomic E-state index is 0.113. The van der Waals surface area contributed by atoms with Crippen molar-refractivity contribution < 1.29 is 13.2 Å². The van der Waals surface area contributed by atoms with Crippen LogP contribution in [0.3, 0.4) is 0 Å². The van der Waals surface area contributed by atoms with Gasteiger partial charge in [-0.1, -0.05) is 6.07 Å². The van der Waals surface area contributed by atoms with Crippen molar-refractivity contribution in [2.24, 2.45) is 5.41 Å². The summed E-state index contributed by atoms with van der Waals surface area (Å²) in [6.45, 7) is 5.60. The Balaban J connectivity index is 1.51. The molecule has 1 aromatic heterocycles. The molecule has 0 radical (unpaired) electrons. The lowest BCUT2D eigenvalue weighted by atomic mass is 9.75. The summed E-state index contributed by atoms with van der Waals surface area (Å²) in [5.41, 5.74) is -0.214. The van der Waals surface area contributed by atoms with Gasteiger partial charge in [0, 0.05) is 55.6 Å². The summed E-state index contributed by atoms with van der Waals surface area (Å²) in [7, 11) is -3.29. The van der Waals surface area contributed by atoms with Gasteiger partial charge in [-0.05, 0) is 43.7 Å². The quantitative estimate of drug-likeness (QED) is 0.797. The Hall–Kier alpha value is -1.16. The predicted octanol–water partition coefficient (Wildman–Crippen LogP) is 1.78. The minimum atomic E-state index is -3.29. The van der Waals surface area contributed by atoms with Crippen LogP contribution < -0.4 is 4.72 Å². The van der Waals surface area contributed by atoms with E-state index in [0.717, 1.165) is 52.0 Å². The van der Waals surface area contributed by atoms with Crippen LogP contribution in [0.2, 0.25) is 0 Å². The number of hydrogen-bond acceptors (Lipinski definition) is 5. The molecule has 7 nitrogen and oxygen atoms in total. The Kier molecular flexibility index (Phi) is 5.70. The van der Waals surface area contributed by atoms with Crippen molar-refractivity contribution in [2.45, 2.75) is 38.3 Å². The van der Waals surface area contributed by atoms with Crippen molar-refractivity contribution >= 4 is 27.4 Å². The number of nitrogens with one attached hydrogen (secondary N) is 1. The molecule has 3 aliphatic heterocycles. The van der Waals surface area contributed by atoms with Gasteiger partial charge in [-0.3, -0.25) is 4.90 Å². The molecule has 3 fully saturated rings. The van der Waals surface area contributed by atoms with E-state index in [1.807, 2.05) is 9.80 Å². The first-order valence-corrected chi connectivity index (χ1v) is 12.9. The Morgan fingerprint density at radius 1 is 1.21 bits per heavy atom. The number of thiophene rings is 1. The highest BCUT2D eigenvalue weighted by Crippen LogP contribution is 2.40. The van der Waals surface area contributed by atoms with Crippen LogP contribution in [0.4, 0.5) is 4.79 Å². The molecule has 0 aromatic carbocycles. The summed E-state index contributed by atoms with van der Waals surface area (Å²) in [6, 6.07) is 4.23. The van der Waals surface area contributed by atoms with Crippen LogP contribution in [-0.2, 0) is 16.6 Å². The van der Waals surface area contributed by atoms with E-state index in [1.54, 1.807) is 11.3 Å². The van der Waals surface area contributed by atoms with Gasteiger partial charge >= 0.3 is 6.03 Å². The van der Waals surface area contributed by atoms with Crippen LogP contribution in [-0.4, -0.2) is 80.7 Å². The molecular weight excluding hydrogens is 396 g/mol. The molecule has 9 heteroatoms. The molecular formula is C19H30N4O3S2. The lowest BCUT2D eigenvalue weighted by Crippen LogP contribution is -2.61. The Labute approximate surface area is 171 Å². The molecule has 0 aliphatic carbocycles. The third-order valence-corrected chi connectivity index (χ3v) is 7.93. The molecule has 1 spiro atoms. The fraction of sp³-hybridized carbons (Fsp3) is 0.737. The molecule has 0 bridgehead atoms. The highest BCUT2D eigenvalue weighted by Gasteiger charge is 2.50. The number of carbonyl (C=O) groups excluding carboxylic acids is 1. The van der Waals surface area contributed by atoms with E-state index >= 15 is 0 Å². The van der Waals surface area contributed by atoms with Gasteiger partial charge in [-0.25, -0.2) is 17.9 Å². The fourth-order valence-electron chi connectivity index (χ4n) is 5.03. The summed E-state index contributed by atoms with van der Waals surface area (Å²) >= 11 is 1.75. The monoisotopic (exact) mass is 426 g/mol. The van der Waals surface area contributed by atoms with E-state index in [4.69, 9.17) is 0 Å². The number of rotatable bonds is 4. The van der Waals surface area contributed by atoms with Crippen molar-refractivity contribution in [1.82, 2.24) is 19.4 Å². The number of hydrogen-bond donors (Lipinski definition) is 1. The van der Waals surface area contributed by atoms with Crippen molar-refractivity contribution in [1.29, 1.82) is 0 Å². The SMILES string of the molecule is CS(=O)(=O)N[C@H]1CCN(C(=O)N2CCCC2)C[C@@]12CCN(Cc1cccs1)C2. The second-order valence-corrected chi connectivity index (χ2v) is 11.3. The lowest BCUT2D eigenvalue weighted by molar-refractivity contribution is 0.0691. The normalized spacial score (nSPS) is 29.1. The van der Waals surface area contributed by atoms with E-state index in [2.05, 4.69) is 27.1 Å². The van der Waals surface area contributed by atoms with Crippen LogP contribution in [0.1, 0.15) is 30.6 Å². The highest BCUT2D eigenvalue weighted by atomic mass is 32.2. The van der Waals surface area contributed by atoms with Gasteiger partial charge in [0.2, 0.25) is 10.0 Å². The van der Waals surface area contributed by atoms with Gasteiger partial charge in [-0.2, -0.15) is 0 Å². The molecule has 2 amide bonds. The van der Waals surface area contributed by atoms with Crippen molar-refractivity contribution in [2.75, 3.05) is 45.5 Å². The van der Waals surface area contributed by atoms with Crippen LogP contribution >= 0.6 is 11.3 Å². The lowest BCUT2D eigenvalue weighted by Gasteiger charge is -2.47. The molecule has 0 unspecified atom stereocenters. The minimum Gasteiger partial charge on any atom is -0.325 e. The van der Waals surface area contributed by atoms with Gasteiger partial charge in [-0.15, -0.1) is 11.3 Å². The molecule has 28 heavy (non-hydrogen) atoms. The zero-order chi connectivity index (χ0) is 19.8. The van der Waals surface area contributed by atoms with Crippen LogP contribution in [0, 0.1) is 5.41 Å². The van der Waals surface area contributed by atoms with Crippen molar-refractivity contribution in [3.63, 3.8) is 0 Å². The highest BCUT2D eigenvalue weighted by molar-refractivity contribution is 7.88. The standard InChI is InChI=1S/C19H30N4O3S2/c1-28(25,26)20-17-6-10-23(18(24)22-8-2-3-9-22)15-19(17)7-11-21(14-19)13-16-5-4-12-27-16/h4-5,12,17,20H,2-3,6-11,13-15H2,1H3/t17-,19-/m0/s1. The number of amides is 2. The van der Waals surface area contributed by atoms with E-state index < -0.39 is 10.0 Å². The first kappa shape index (κ1) is 20.1. The molecule has 0 saturated carbocycles. The number of likely N-dealkylation sites (tertiary alicyclic amines) is 3. The summed E-state index contributed by atoms with van der Waals surface area (Å²) in [4.78, 5) is 20.6. The molecule has 1 aromatic rings. The zero-order valence-corrected chi connectivity index (χ0v) is 18.1. The van der Waals surface area contributed by atoms with Gasteiger partial charge in [0.1, 0.15) is 0 Å². The Morgan fingerprint density at radius 2 is 2.00 bits per heavy atom. The van der Waals surface area contributed by atoms with E-state index in [1.165, 1.54) is 11.1 Å². The second-order valence-electron chi connectivity index (χ2n) is 8.53. The van der Waals surface area contributed by atoms with Gasteiger partial charge in [0.25, 0.3) is 0 Å². The maximum atomic E-state index is 13.0. The van der Waals surface area contributed by atoms with Crippen LogP contribution in [0.5, 0.6) is 0 Å². The molecule has 1 N–H and O–H groups in total. The number of nitrogens with zero attached hydrogens (tertiary/aromatic N) is 3. The fourth-order valence-corrected chi connectivity index (χ4v) is 6.66. The maximum absolute atomic E-state index is 13.0. The third kappa shape index (κ3) is 4.37. The molecule has 3 aliphatic rings. The summed E-state index contributed by atoms with van der Waals surface area (Å²) in [5, 5.41) is 2.09. The predicted molar refractivity (Wildman–Crippen MR) is 111 cm³/mol. The number of piperidine rings is 1. The summed E-state index contributed by atoms with van der Waals surface area (Å²) in [5.74, 6) is 0. The first-order valence-electron chi connectivity index (χ1n) is 10.1.